The zero-order chi connectivity index (χ0) is 23.6. The Balaban J connectivity index is 2.19. The Hall–Kier alpha value is -3.02. The maximum atomic E-state index is 14.5. The molecule has 0 amide bonds. The third-order valence-corrected chi connectivity index (χ3v) is 5.34. The predicted octanol–water partition coefficient (Wildman–Crippen LogP) is 8.04. The molecule has 0 N–H and O–H groups in total. The normalized spacial score (nSPS) is 12.8. The van der Waals surface area contributed by atoms with Gasteiger partial charge in [0.05, 0.1) is 5.56 Å². The van der Waals surface area contributed by atoms with Crippen LogP contribution in [0, 0.1) is 17.6 Å². The lowest BCUT2D eigenvalue weighted by Crippen LogP contribution is -2.12. The number of ketones is 1. The lowest BCUT2D eigenvalue weighted by molar-refractivity contribution is -0.137. The molecule has 0 heterocycles. The Morgan fingerprint density at radius 2 is 1.47 bits per heavy atom. The van der Waals surface area contributed by atoms with Gasteiger partial charge in [-0.1, -0.05) is 38.1 Å². The average molecular weight is 446 g/mol. The van der Waals surface area contributed by atoms with Crippen molar-refractivity contribution in [1.82, 2.24) is 0 Å². The molecule has 168 valence electrons. The van der Waals surface area contributed by atoms with E-state index in [1.54, 1.807) is 18.2 Å². The van der Waals surface area contributed by atoms with Crippen LogP contribution in [-0.2, 0) is 11.0 Å². The topological polar surface area (TPSA) is 17.1 Å². The summed E-state index contributed by atoms with van der Waals surface area (Å²) in [5.41, 5.74) is 1.48. The smallest absolute Gasteiger partial charge is 0.299 e. The molecule has 6 heteroatoms. The number of carbonyl (C=O) groups is 1. The largest absolute Gasteiger partial charge is 0.416 e. The number of halogens is 5. The van der Waals surface area contributed by atoms with E-state index in [0.29, 0.717) is 28.7 Å². The second-order valence-electron chi connectivity index (χ2n) is 8.34. The Labute approximate surface area is 183 Å². The molecule has 32 heavy (non-hydrogen) atoms. The molecule has 3 aromatic rings. The highest BCUT2D eigenvalue weighted by Gasteiger charge is 2.30. The van der Waals surface area contributed by atoms with Gasteiger partial charge in [0.15, 0.2) is 0 Å². The number of carbonyl (C=O) groups excluding carboxylic acids is 1. The van der Waals surface area contributed by atoms with Crippen LogP contribution >= 0.6 is 0 Å². The van der Waals surface area contributed by atoms with E-state index in [0.717, 1.165) is 24.3 Å². The molecule has 1 unspecified atom stereocenters. The fraction of sp³-hybridized carbons (Fsp3) is 0.269. The van der Waals surface area contributed by atoms with E-state index in [9.17, 15) is 26.7 Å². The summed E-state index contributed by atoms with van der Waals surface area (Å²) in [4.78, 5) is 12.4. The third-order valence-electron chi connectivity index (χ3n) is 5.34. The maximum absolute atomic E-state index is 14.5. The molecular weight excluding hydrogens is 423 g/mol. The number of hydrogen-bond acceptors (Lipinski definition) is 1. The maximum Gasteiger partial charge on any atom is 0.416 e. The molecular formula is C26H23F5O. The van der Waals surface area contributed by atoms with Crippen molar-refractivity contribution in [3.05, 3.63) is 83.4 Å². The number of hydrogen-bond donors (Lipinski definition) is 0. The first-order valence-electron chi connectivity index (χ1n) is 10.2. The summed E-state index contributed by atoms with van der Waals surface area (Å²) in [5.74, 6) is -1.78. The molecule has 0 bridgehead atoms. The van der Waals surface area contributed by atoms with E-state index in [-0.39, 0.29) is 17.3 Å². The van der Waals surface area contributed by atoms with Crippen molar-refractivity contribution in [2.75, 3.05) is 0 Å². The number of benzene rings is 3. The molecule has 0 aliphatic carbocycles. The second kappa shape index (κ2) is 9.23. The summed E-state index contributed by atoms with van der Waals surface area (Å²) in [6.45, 7) is 5.45. The van der Waals surface area contributed by atoms with Crippen molar-refractivity contribution in [3.8, 4) is 22.3 Å². The summed E-state index contributed by atoms with van der Waals surface area (Å²) in [5, 5.41) is 0. The molecule has 0 saturated carbocycles. The van der Waals surface area contributed by atoms with E-state index in [1.807, 2.05) is 13.8 Å². The molecule has 1 atom stereocenters. The van der Waals surface area contributed by atoms with Gasteiger partial charge in [0.25, 0.3) is 0 Å². The fourth-order valence-electron chi connectivity index (χ4n) is 3.76. The van der Waals surface area contributed by atoms with Crippen LogP contribution < -0.4 is 0 Å². The van der Waals surface area contributed by atoms with Crippen molar-refractivity contribution >= 4 is 5.78 Å². The Morgan fingerprint density at radius 1 is 0.844 bits per heavy atom. The van der Waals surface area contributed by atoms with Gasteiger partial charge in [-0.2, -0.15) is 13.2 Å². The first-order chi connectivity index (χ1) is 15.0. The minimum atomic E-state index is -4.46. The van der Waals surface area contributed by atoms with E-state index in [1.165, 1.54) is 25.1 Å². The highest BCUT2D eigenvalue weighted by Crippen LogP contribution is 2.36. The number of rotatable bonds is 6. The van der Waals surface area contributed by atoms with Gasteiger partial charge in [0.1, 0.15) is 17.4 Å². The van der Waals surface area contributed by atoms with Gasteiger partial charge in [-0.3, -0.25) is 4.79 Å². The van der Waals surface area contributed by atoms with Gasteiger partial charge in [-0.15, -0.1) is 0 Å². The van der Waals surface area contributed by atoms with Crippen LogP contribution in [0.25, 0.3) is 22.3 Å². The van der Waals surface area contributed by atoms with Crippen LogP contribution in [-0.4, -0.2) is 5.78 Å². The molecule has 1 nitrogen and oxygen atoms in total. The van der Waals surface area contributed by atoms with E-state index >= 15 is 0 Å². The van der Waals surface area contributed by atoms with Crippen LogP contribution in [0.1, 0.15) is 44.2 Å². The average Bonchev–Trinajstić information content (AvgIpc) is 2.71. The number of alkyl halides is 3. The highest BCUT2D eigenvalue weighted by atomic mass is 19.4. The standard InChI is InChI=1S/C26H23F5O/c1-15(2)10-24(16(3)32)20-12-18(17-4-6-21(7-5-17)26(29,30)31)11-19(13-20)23-9-8-22(27)14-25(23)28/h4-9,11-15,24H,10H2,1-3H3. The van der Waals surface area contributed by atoms with E-state index in [2.05, 4.69) is 0 Å². The summed E-state index contributed by atoms with van der Waals surface area (Å²) in [7, 11) is 0. The Kier molecular flexibility index (Phi) is 6.82. The summed E-state index contributed by atoms with van der Waals surface area (Å²) >= 11 is 0. The monoisotopic (exact) mass is 446 g/mol. The SMILES string of the molecule is CC(=O)C(CC(C)C)c1cc(-c2ccc(C(F)(F)F)cc2)cc(-c2ccc(F)cc2F)c1. The van der Waals surface area contributed by atoms with Crippen molar-refractivity contribution in [2.45, 2.75) is 39.3 Å². The van der Waals surface area contributed by atoms with E-state index in [4.69, 9.17) is 0 Å². The van der Waals surface area contributed by atoms with Crippen LogP contribution in [0.2, 0.25) is 0 Å². The van der Waals surface area contributed by atoms with Gasteiger partial charge in [0, 0.05) is 17.5 Å². The lowest BCUT2D eigenvalue weighted by Gasteiger charge is -2.19. The van der Waals surface area contributed by atoms with Crippen molar-refractivity contribution in [2.24, 2.45) is 5.92 Å². The fourth-order valence-corrected chi connectivity index (χ4v) is 3.76. The zero-order valence-electron chi connectivity index (χ0n) is 17.9. The highest BCUT2D eigenvalue weighted by molar-refractivity contribution is 5.85. The van der Waals surface area contributed by atoms with Gasteiger partial charge in [-0.05, 0) is 71.8 Å². The molecule has 3 aromatic carbocycles. The van der Waals surface area contributed by atoms with Crippen LogP contribution in [0.3, 0.4) is 0 Å². The Morgan fingerprint density at radius 3 is 2.00 bits per heavy atom. The molecule has 0 spiro atoms. The summed E-state index contributed by atoms with van der Waals surface area (Å²) in [6.07, 6.45) is -3.89. The van der Waals surface area contributed by atoms with Gasteiger partial charge < -0.3 is 0 Å². The third kappa shape index (κ3) is 5.42. The molecule has 0 aromatic heterocycles. The molecule has 0 aliphatic heterocycles. The van der Waals surface area contributed by atoms with Crippen molar-refractivity contribution in [3.63, 3.8) is 0 Å². The zero-order valence-corrected chi connectivity index (χ0v) is 17.9. The second-order valence-corrected chi connectivity index (χ2v) is 8.34. The Bertz CT molecular complexity index is 1110. The van der Waals surface area contributed by atoms with E-state index < -0.39 is 29.3 Å². The molecule has 0 radical (unpaired) electrons. The molecule has 0 aliphatic rings. The van der Waals surface area contributed by atoms with Gasteiger partial charge >= 0.3 is 6.18 Å². The quantitative estimate of drug-likeness (QED) is 0.350. The minimum Gasteiger partial charge on any atom is -0.299 e. The van der Waals surface area contributed by atoms with Gasteiger partial charge in [0.2, 0.25) is 0 Å². The molecule has 0 fully saturated rings. The minimum absolute atomic E-state index is 0.0613. The first-order valence-corrected chi connectivity index (χ1v) is 10.2. The molecule has 3 rings (SSSR count). The van der Waals surface area contributed by atoms with Crippen molar-refractivity contribution < 1.29 is 26.7 Å². The summed E-state index contributed by atoms with van der Waals surface area (Å²) < 4.78 is 66.8. The van der Waals surface area contributed by atoms with Crippen LogP contribution in [0.4, 0.5) is 22.0 Å². The predicted molar refractivity (Wildman–Crippen MR) is 115 cm³/mol. The molecule has 0 saturated heterocycles. The summed E-state index contributed by atoms with van der Waals surface area (Å²) in [6, 6.07) is 13.0. The van der Waals surface area contributed by atoms with Gasteiger partial charge in [-0.25, -0.2) is 8.78 Å². The van der Waals surface area contributed by atoms with Crippen molar-refractivity contribution in [1.29, 1.82) is 0 Å². The first kappa shape index (κ1) is 23.6. The number of Topliss-reactive ketones (excluding diaryl/α,β-unsaturated/α-hetero) is 1. The van der Waals surface area contributed by atoms with Crippen LogP contribution in [0.15, 0.2) is 60.7 Å². The lowest BCUT2D eigenvalue weighted by atomic mass is 9.84. The van der Waals surface area contributed by atoms with Crippen LogP contribution in [0.5, 0.6) is 0 Å².